The van der Waals surface area contributed by atoms with Crippen molar-refractivity contribution in [3.63, 3.8) is 0 Å². The molecule has 5 nitrogen and oxygen atoms in total. The van der Waals surface area contributed by atoms with Gasteiger partial charge in [0.2, 0.25) is 0 Å². The van der Waals surface area contributed by atoms with Crippen molar-refractivity contribution in [3.8, 4) is 11.5 Å². The van der Waals surface area contributed by atoms with E-state index >= 15 is 0 Å². The first kappa shape index (κ1) is 18.9. The average molecular weight is 379 g/mol. The number of hydrogen-bond donors (Lipinski definition) is 2. The summed E-state index contributed by atoms with van der Waals surface area (Å²) in [4.78, 5) is 4.13. The van der Waals surface area contributed by atoms with Crippen LogP contribution in [0.25, 0.3) is 0 Å². The largest absolute Gasteiger partial charge is 0.493 e. The summed E-state index contributed by atoms with van der Waals surface area (Å²) in [6.07, 6.45) is 0.733. The van der Waals surface area contributed by atoms with Gasteiger partial charge in [-0.2, -0.15) is 8.78 Å². The molecule has 3 rings (SSSR count). The minimum Gasteiger partial charge on any atom is -0.493 e. The van der Waals surface area contributed by atoms with Gasteiger partial charge in [-0.1, -0.05) is 24.3 Å². The van der Waals surface area contributed by atoms with Crippen molar-refractivity contribution in [2.75, 3.05) is 13.7 Å². The summed E-state index contributed by atoms with van der Waals surface area (Å²) in [6.45, 7) is -2.52. The number of fused-ring (bicyclic) bond motifs is 1. The maximum atomic E-state index is 14.1. The monoisotopic (exact) mass is 379 g/mol. The second kappa shape index (κ2) is 8.66. The second-order valence-electron chi connectivity index (χ2n) is 5.89. The molecule has 0 saturated carbocycles. The van der Waals surface area contributed by atoms with Gasteiger partial charge in [-0.25, -0.2) is 4.39 Å². The molecule has 2 aromatic carbocycles. The van der Waals surface area contributed by atoms with Gasteiger partial charge in [0, 0.05) is 31.1 Å². The predicted octanol–water partition coefficient (Wildman–Crippen LogP) is 3.62. The quantitative estimate of drug-likeness (QED) is 0.616. The highest BCUT2D eigenvalue weighted by Gasteiger charge is 2.22. The zero-order valence-electron chi connectivity index (χ0n) is 14.7. The van der Waals surface area contributed by atoms with Crippen molar-refractivity contribution in [3.05, 3.63) is 59.4 Å². The van der Waals surface area contributed by atoms with Gasteiger partial charge in [-0.15, -0.1) is 0 Å². The number of hydrogen-bond acceptors (Lipinski definition) is 3. The Hall–Kier alpha value is -2.90. The maximum Gasteiger partial charge on any atom is 0.387 e. The van der Waals surface area contributed by atoms with Gasteiger partial charge < -0.3 is 20.1 Å². The molecule has 1 aliphatic heterocycles. The third-order valence-corrected chi connectivity index (χ3v) is 4.22. The molecule has 1 atom stereocenters. The normalized spacial score (nSPS) is 16.5. The smallest absolute Gasteiger partial charge is 0.387 e. The summed E-state index contributed by atoms with van der Waals surface area (Å²) >= 11 is 0. The van der Waals surface area contributed by atoms with Gasteiger partial charge in [0.05, 0.1) is 12.6 Å². The zero-order chi connectivity index (χ0) is 19.2. The van der Waals surface area contributed by atoms with Crippen LogP contribution in [0.5, 0.6) is 11.5 Å². The highest BCUT2D eigenvalue weighted by Crippen LogP contribution is 2.31. The molecule has 0 aromatic heterocycles. The molecule has 0 saturated heterocycles. The average Bonchev–Trinajstić information content (AvgIpc) is 2.66. The van der Waals surface area contributed by atoms with E-state index in [1.807, 2.05) is 24.3 Å². The number of nitrogens with zero attached hydrogens (tertiary/aromatic N) is 1. The molecule has 0 spiro atoms. The van der Waals surface area contributed by atoms with E-state index in [2.05, 4.69) is 20.4 Å². The Morgan fingerprint density at radius 2 is 2.07 bits per heavy atom. The third-order valence-electron chi connectivity index (χ3n) is 4.22. The molecule has 0 aliphatic carbocycles. The highest BCUT2D eigenvalue weighted by atomic mass is 19.3. The molecule has 0 radical (unpaired) electrons. The van der Waals surface area contributed by atoms with E-state index in [1.54, 1.807) is 7.05 Å². The fourth-order valence-corrected chi connectivity index (χ4v) is 2.94. The molecular weight excluding hydrogens is 359 g/mol. The van der Waals surface area contributed by atoms with Crippen molar-refractivity contribution in [1.29, 1.82) is 0 Å². The number of alkyl halides is 2. The molecule has 0 amide bonds. The van der Waals surface area contributed by atoms with Crippen LogP contribution < -0.4 is 20.1 Å². The van der Waals surface area contributed by atoms with E-state index in [-0.39, 0.29) is 23.9 Å². The maximum absolute atomic E-state index is 14.1. The molecule has 2 N–H and O–H groups in total. The van der Waals surface area contributed by atoms with E-state index in [0.29, 0.717) is 12.6 Å². The van der Waals surface area contributed by atoms with Gasteiger partial charge >= 0.3 is 6.61 Å². The lowest BCUT2D eigenvalue weighted by Crippen LogP contribution is -2.40. The molecule has 8 heteroatoms. The van der Waals surface area contributed by atoms with Crippen molar-refractivity contribution in [1.82, 2.24) is 10.6 Å². The van der Waals surface area contributed by atoms with Crippen molar-refractivity contribution in [2.24, 2.45) is 4.99 Å². The van der Waals surface area contributed by atoms with Gasteiger partial charge in [0.1, 0.15) is 17.3 Å². The van der Waals surface area contributed by atoms with Crippen LogP contribution in [-0.4, -0.2) is 26.2 Å². The van der Waals surface area contributed by atoms with Crippen LogP contribution in [0.4, 0.5) is 13.2 Å². The van der Waals surface area contributed by atoms with Crippen molar-refractivity contribution in [2.45, 2.75) is 25.6 Å². The van der Waals surface area contributed by atoms with Crippen molar-refractivity contribution < 1.29 is 22.6 Å². The lowest BCUT2D eigenvalue weighted by atomic mass is 10.0. The summed E-state index contributed by atoms with van der Waals surface area (Å²) in [5.41, 5.74) is 1.01. The highest BCUT2D eigenvalue weighted by molar-refractivity contribution is 5.80. The summed E-state index contributed by atoms with van der Waals surface area (Å²) in [7, 11) is 1.58. The van der Waals surface area contributed by atoms with E-state index in [9.17, 15) is 13.2 Å². The van der Waals surface area contributed by atoms with Crippen LogP contribution in [0.2, 0.25) is 0 Å². The van der Waals surface area contributed by atoms with Gasteiger partial charge in [-0.3, -0.25) is 4.99 Å². The van der Waals surface area contributed by atoms with E-state index < -0.39 is 12.4 Å². The Labute approximate surface area is 155 Å². The van der Waals surface area contributed by atoms with Crippen LogP contribution in [0.3, 0.4) is 0 Å². The summed E-state index contributed by atoms with van der Waals surface area (Å²) in [6, 6.07) is 11.5. The molecule has 144 valence electrons. The van der Waals surface area contributed by atoms with Crippen LogP contribution in [0.15, 0.2) is 47.5 Å². The Kier molecular flexibility index (Phi) is 6.05. The second-order valence-corrected chi connectivity index (χ2v) is 5.89. The third kappa shape index (κ3) is 4.64. The Bertz CT molecular complexity index is 815. The SMILES string of the molecule is CN=C(NCc1c(F)cccc1OC(F)F)NC1CCOc2ccccc21. The number of nitrogens with one attached hydrogen (secondary N) is 2. The van der Waals surface area contributed by atoms with Gasteiger partial charge in [-0.05, 0) is 18.2 Å². The van der Waals surface area contributed by atoms with E-state index in [0.717, 1.165) is 17.7 Å². The molecule has 2 aromatic rings. The number of rotatable bonds is 5. The number of halogens is 3. The molecule has 1 unspecified atom stereocenters. The fraction of sp³-hybridized carbons (Fsp3) is 0.316. The first-order valence-electron chi connectivity index (χ1n) is 8.49. The van der Waals surface area contributed by atoms with Crippen LogP contribution in [0.1, 0.15) is 23.6 Å². The Balaban J connectivity index is 1.69. The number of ether oxygens (including phenoxy) is 2. The van der Waals surface area contributed by atoms with Crippen LogP contribution in [0, 0.1) is 5.82 Å². The number of benzene rings is 2. The first-order valence-corrected chi connectivity index (χ1v) is 8.49. The summed E-state index contributed by atoms with van der Waals surface area (Å²) < 4.78 is 49.2. The minimum absolute atomic E-state index is 0.00753. The topological polar surface area (TPSA) is 54.9 Å². The molecule has 0 fully saturated rings. The first-order chi connectivity index (χ1) is 13.1. The van der Waals surface area contributed by atoms with Crippen molar-refractivity contribution >= 4 is 5.96 Å². The van der Waals surface area contributed by atoms with Gasteiger partial charge in [0.15, 0.2) is 5.96 Å². The lowest BCUT2D eigenvalue weighted by molar-refractivity contribution is -0.0506. The molecule has 0 bridgehead atoms. The van der Waals surface area contributed by atoms with Crippen LogP contribution >= 0.6 is 0 Å². The minimum atomic E-state index is -3.03. The molecule has 1 aliphatic rings. The number of aliphatic imine (C=N–C) groups is 1. The van der Waals surface area contributed by atoms with E-state index in [1.165, 1.54) is 18.2 Å². The molecule has 1 heterocycles. The summed E-state index contributed by atoms with van der Waals surface area (Å²) in [5.74, 6) is 0.387. The Morgan fingerprint density at radius 3 is 2.85 bits per heavy atom. The lowest BCUT2D eigenvalue weighted by Gasteiger charge is -2.28. The number of guanidine groups is 1. The standard InChI is InChI=1S/C19H20F3N3O2/c1-23-19(25-15-9-10-26-16-7-3-2-5-12(15)16)24-11-13-14(20)6-4-8-17(13)27-18(21)22/h2-8,15,18H,9-11H2,1H3,(H2,23,24,25). The fourth-order valence-electron chi connectivity index (χ4n) is 2.94. The van der Waals surface area contributed by atoms with E-state index in [4.69, 9.17) is 4.74 Å². The summed E-state index contributed by atoms with van der Waals surface area (Å²) in [5, 5.41) is 6.21. The zero-order valence-corrected chi connectivity index (χ0v) is 14.7. The Morgan fingerprint density at radius 1 is 1.26 bits per heavy atom. The van der Waals surface area contributed by atoms with Crippen LogP contribution in [-0.2, 0) is 6.54 Å². The number of para-hydroxylation sites is 1. The predicted molar refractivity (Wildman–Crippen MR) is 95.7 cm³/mol. The molecular formula is C19H20F3N3O2. The molecule has 27 heavy (non-hydrogen) atoms. The van der Waals surface area contributed by atoms with Gasteiger partial charge in [0.25, 0.3) is 0 Å².